The van der Waals surface area contributed by atoms with Gasteiger partial charge >= 0.3 is 0 Å². The fourth-order valence-electron chi connectivity index (χ4n) is 3.85. The largest absolute Gasteiger partial charge is 0.0894 e. The van der Waals surface area contributed by atoms with Crippen LogP contribution in [0.15, 0.2) is 21.8 Å². The second-order valence-corrected chi connectivity index (χ2v) is 7.96. The predicted molar refractivity (Wildman–Crippen MR) is 88.9 cm³/mol. The lowest BCUT2D eigenvalue weighted by molar-refractivity contribution is 0.182. The highest BCUT2D eigenvalue weighted by Gasteiger charge is 2.33. The molecule has 2 rings (SSSR count). The lowest BCUT2D eigenvalue weighted by atomic mass is 9.69. The number of hydrogen-bond acceptors (Lipinski definition) is 0. The molecule has 0 aromatic carbocycles. The maximum absolute atomic E-state index is 4.31. The summed E-state index contributed by atoms with van der Waals surface area (Å²) in [5.74, 6) is 3.53. The predicted octanol–water partition coefficient (Wildman–Crippen LogP) is 6.12. The Kier molecular flexibility index (Phi) is 5.35. The first kappa shape index (κ1) is 14.6. The van der Waals surface area contributed by atoms with Gasteiger partial charge in [-0.15, -0.1) is 0 Å². The number of allylic oxidation sites excluding steroid dienone is 3. The van der Waals surface area contributed by atoms with Gasteiger partial charge < -0.3 is 0 Å². The number of halogens is 1. The topological polar surface area (TPSA) is 0 Å². The van der Waals surface area contributed by atoms with Crippen molar-refractivity contribution in [3.05, 3.63) is 21.8 Å². The summed E-state index contributed by atoms with van der Waals surface area (Å²) in [6.07, 6.45) is 12.2. The first-order valence-corrected chi connectivity index (χ1v) is 8.65. The van der Waals surface area contributed by atoms with E-state index in [4.69, 9.17) is 0 Å². The summed E-state index contributed by atoms with van der Waals surface area (Å²) in [5.41, 5.74) is 1.60. The normalized spacial score (nSPS) is 34.8. The van der Waals surface area contributed by atoms with Crippen LogP contribution in [0.3, 0.4) is 0 Å². The van der Waals surface area contributed by atoms with Gasteiger partial charge in [0.1, 0.15) is 0 Å². The molecule has 1 fully saturated rings. The van der Waals surface area contributed by atoms with Crippen LogP contribution in [0.2, 0.25) is 0 Å². The van der Waals surface area contributed by atoms with E-state index in [0.717, 1.165) is 23.7 Å². The summed E-state index contributed by atoms with van der Waals surface area (Å²) in [4.78, 5) is 0. The summed E-state index contributed by atoms with van der Waals surface area (Å²) in [7, 11) is 0. The monoisotopic (exact) mass is 358 g/mol. The lowest BCUT2D eigenvalue weighted by Gasteiger charge is -2.38. The van der Waals surface area contributed by atoms with E-state index >= 15 is 0 Å². The van der Waals surface area contributed by atoms with E-state index in [0.29, 0.717) is 0 Å². The first-order valence-electron chi connectivity index (χ1n) is 7.58. The van der Waals surface area contributed by atoms with E-state index in [1.54, 1.807) is 5.57 Å². The van der Waals surface area contributed by atoms with Gasteiger partial charge in [0.2, 0.25) is 0 Å². The summed E-state index contributed by atoms with van der Waals surface area (Å²) < 4.78 is 1.42. The van der Waals surface area contributed by atoms with Crippen LogP contribution in [0.4, 0.5) is 0 Å². The number of hydrogen-bond donors (Lipinski definition) is 0. The molecule has 0 nitrogen and oxygen atoms in total. The maximum atomic E-state index is 4.31. The third kappa shape index (κ3) is 3.61. The van der Waals surface area contributed by atoms with Crippen molar-refractivity contribution in [3.8, 4) is 0 Å². The lowest BCUT2D eigenvalue weighted by Crippen LogP contribution is -2.28. The molecular formula is C17H27I. The van der Waals surface area contributed by atoms with Crippen molar-refractivity contribution in [1.29, 1.82) is 0 Å². The molecule has 2 aliphatic rings. The highest BCUT2D eigenvalue weighted by Crippen LogP contribution is 2.45. The molecule has 0 heterocycles. The smallest absolute Gasteiger partial charge is 0.00500 e. The Labute approximate surface area is 126 Å². The molecular weight excluding hydrogens is 331 g/mol. The van der Waals surface area contributed by atoms with Crippen LogP contribution in [-0.2, 0) is 0 Å². The Morgan fingerprint density at radius 1 is 1.22 bits per heavy atom. The van der Waals surface area contributed by atoms with Crippen LogP contribution in [0.1, 0.15) is 58.8 Å². The molecule has 0 aliphatic heterocycles. The summed E-state index contributed by atoms with van der Waals surface area (Å²) in [6.45, 7) is 9.01. The van der Waals surface area contributed by atoms with Crippen LogP contribution >= 0.6 is 22.6 Å². The standard InChI is InChI=1S/C17H27I/c1-12-4-8-15(9-5-12)17(14(3)18)16-10-6-13(2)7-11-16/h4,13,15-17H,3,5-11H2,1-2H3. The third-order valence-corrected chi connectivity index (χ3v) is 5.84. The minimum absolute atomic E-state index is 0.780. The van der Waals surface area contributed by atoms with Crippen molar-refractivity contribution in [1.82, 2.24) is 0 Å². The molecule has 0 radical (unpaired) electrons. The Morgan fingerprint density at radius 2 is 1.89 bits per heavy atom. The SMILES string of the molecule is C=C(I)C(C1CC=C(C)CC1)C1CCC(C)CC1. The Morgan fingerprint density at radius 3 is 2.39 bits per heavy atom. The number of rotatable bonds is 3. The summed E-state index contributed by atoms with van der Waals surface area (Å²) in [6, 6.07) is 0. The van der Waals surface area contributed by atoms with Crippen molar-refractivity contribution in [2.24, 2.45) is 23.7 Å². The van der Waals surface area contributed by atoms with Gasteiger partial charge in [0.25, 0.3) is 0 Å². The molecule has 0 amide bonds. The molecule has 0 saturated heterocycles. The average molecular weight is 358 g/mol. The van der Waals surface area contributed by atoms with Gasteiger partial charge in [-0.05, 0) is 88.9 Å². The van der Waals surface area contributed by atoms with Crippen molar-refractivity contribution in [2.45, 2.75) is 58.8 Å². The van der Waals surface area contributed by atoms with Crippen molar-refractivity contribution >= 4 is 22.6 Å². The van der Waals surface area contributed by atoms with Gasteiger partial charge in [-0.1, -0.05) is 38.0 Å². The van der Waals surface area contributed by atoms with E-state index in [-0.39, 0.29) is 0 Å². The zero-order chi connectivity index (χ0) is 13.1. The van der Waals surface area contributed by atoms with Crippen LogP contribution in [0.5, 0.6) is 0 Å². The van der Waals surface area contributed by atoms with Crippen LogP contribution in [0, 0.1) is 23.7 Å². The fraction of sp³-hybridized carbons (Fsp3) is 0.765. The molecule has 0 bridgehead atoms. The molecule has 2 unspecified atom stereocenters. The molecule has 2 aliphatic carbocycles. The molecule has 1 saturated carbocycles. The molecule has 0 N–H and O–H groups in total. The second-order valence-electron chi connectivity index (χ2n) is 6.58. The Hall–Kier alpha value is 0.210. The quantitative estimate of drug-likeness (QED) is 0.421. The van der Waals surface area contributed by atoms with Crippen LogP contribution in [-0.4, -0.2) is 0 Å². The second kappa shape index (κ2) is 6.58. The van der Waals surface area contributed by atoms with E-state index in [2.05, 4.69) is 49.1 Å². The third-order valence-electron chi connectivity index (χ3n) is 5.12. The Bertz CT molecular complexity index is 321. The summed E-state index contributed by atoms with van der Waals surface area (Å²) >= 11 is 2.50. The van der Waals surface area contributed by atoms with Gasteiger partial charge in [0, 0.05) is 0 Å². The zero-order valence-corrected chi connectivity index (χ0v) is 14.1. The van der Waals surface area contributed by atoms with E-state index < -0.39 is 0 Å². The molecule has 18 heavy (non-hydrogen) atoms. The summed E-state index contributed by atoms with van der Waals surface area (Å²) in [5, 5.41) is 0. The average Bonchev–Trinajstić information content (AvgIpc) is 2.34. The molecule has 0 spiro atoms. The van der Waals surface area contributed by atoms with Gasteiger partial charge in [-0.25, -0.2) is 0 Å². The van der Waals surface area contributed by atoms with Gasteiger partial charge in [0.05, 0.1) is 0 Å². The van der Waals surface area contributed by atoms with Crippen LogP contribution in [0.25, 0.3) is 0 Å². The van der Waals surface area contributed by atoms with Gasteiger partial charge in [-0.2, -0.15) is 0 Å². The first-order chi connectivity index (χ1) is 8.58. The molecule has 1 heteroatoms. The fourth-order valence-corrected chi connectivity index (χ4v) is 4.87. The molecule has 0 aromatic rings. The molecule has 2 atom stereocenters. The highest BCUT2D eigenvalue weighted by molar-refractivity contribution is 14.1. The van der Waals surface area contributed by atoms with E-state index in [1.807, 2.05) is 0 Å². The molecule has 102 valence electrons. The van der Waals surface area contributed by atoms with Gasteiger partial charge in [0.15, 0.2) is 0 Å². The van der Waals surface area contributed by atoms with Gasteiger partial charge in [-0.3, -0.25) is 0 Å². The highest BCUT2D eigenvalue weighted by atomic mass is 127. The van der Waals surface area contributed by atoms with E-state index in [9.17, 15) is 0 Å². The molecule has 0 aromatic heterocycles. The van der Waals surface area contributed by atoms with E-state index in [1.165, 1.54) is 48.5 Å². The van der Waals surface area contributed by atoms with Crippen LogP contribution < -0.4 is 0 Å². The van der Waals surface area contributed by atoms with Crippen molar-refractivity contribution in [2.75, 3.05) is 0 Å². The minimum atomic E-state index is 0.780. The van der Waals surface area contributed by atoms with Crippen molar-refractivity contribution < 1.29 is 0 Å². The Balaban J connectivity index is 2.02. The maximum Gasteiger partial charge on any atom is -0.00500 e. The minimum Gasteiger partial charge on any atom is -0.0894 e. The zero-order valence-electron chi connectivity index (χ0n) is 11.9. The van der Waals surface area contributed by atoms with Crippen molar-refractivity contribution in [3.63, 3.8) is 0 Å².